The predicted molar refractivity (Wildman–Crippen MR) is 50.8 cm³/mol. The van der Waals surface area contributed by atoms with Gasteiger partial charge in [-0.25, -0.2) is 0 Å². The molecule has 1 aromatic rings. The monoisotopic (exact) mass is 191 g/mol. The van der Waals surface area contributed by atoms with E-state index >= 15 is 0 Å². The Bertz CT molecular complexity index is 364. The highest BCUT2D eigenvalue weighted by Gasteiger charge is 2.45. The molecule has 2 aliphatic rings. The summed E-state index contributed by atoms with van der Waals surface area (Å²) in [5, 5.41) is 19.6. The zero-order chi connectivity index (χ0) is 9.71. The molecule has 0 aromatic carbocycles. The van der Waals surface area contributed by atoms with E-state index in [0.717, 1.165) is 18.4 Å². The molecular weight excluding hydrogens is 178 g/mol. The molecule has 0 radical (unpaired) electrons. The van der Waals surface area contributed by atoms with E-state index in [2.05, 4.69) is 4.98 Å². The van der Waals surface area contributed by atoms with E-state index in [4.69, 9.17) is 0 Å². The van der Waals surface area contributed by atoms with Gasteiger partial charge in [-0.1, -0.05) is 0 Å². The Labute approximate surface area is 82.4 Å². The van der Waals surface area contributed by atoms with Crippen molar-refractivity contribution < 1.29 is 10.2 Å². The third kappa shape index (κ3) is 0.967. The second-order valence-corrected chi connectivity index (χ2v) is 4.36. The second-order valence-electron chi connectivity index (χ2n) is 4.36. The Morgan fingerprint density at radius 1 is 1.29 bits per heavy atom. The fourth-order valence-electron chi connectivity index (χ4n) is 2.87. The summed E-state index contributed by atoms with van der Waals surface area (Å²) in [6.07, 6.45) is 4.26. The van der Waals surface area contributed by atoms with Crippen LogP contribution in [0.15, 0.2) is 18.5 Å². The SMILES string of the molecule is OC1C2Cc3ccncc3C(C2)C1O. The summed E-state index contributed by atoms with van der Waals surface area (Å²) in [7, 11) is 0. The van der Waals surface area contributed by atoms with Crippen molar-refractivity contribution in [2.24, 2.45) is 5.92 Å². The lowest BCUT2D eigenvalue weighted by Crippen LogP contribution is -2.26. The highest BCUT2D eigenvalue weighted by molar-refractivity contribution is 5.34. The summed E-state index contributed by atoms with van der Waals surface area (Å²) in [6, 6.07) is 2.00. The first-order valence-corrected chi connectivity index (χ1v) is 5.06. The van der Waals surface area contributed by atoms with Crippen LogP contribution < -0.4 is 0 Å². The molecule has 2 aliphatic carbocycles. The molecule has 3 heteroatoms. The maximum atomic E-state index is 9.84. The van der Waals surface area contributed by atoms with E-state index in [1.807, 2.05) is 12.3 Å². The van der Waals surface area contributed by atoms with Crippen molar-refractivity contribution in [1.29, 1.82) is 0 Å². The molecule has 1 heterocycles. The highest BCUT2D eigenvalue weighted by Crippen LogP contribution is 2.45. The van der Waals surface area contributed by atoms with Crippen LogP contribution >= 0.6 is 0 Å². The maximum Gasteiger partial charge on any atom is 0.0871 e. The lowest BCUT2D eigenvalue weighted by atomic mass is 9.84. The number of rotatable bonds is 0. The molecule has 3 nitrogen and oxygen atoms in total. The Balaban J connectivity index is 2.10. The average molecular weight is 191 g/mol. The molecule has 0 spiro atoms. The molecule has 4 atom stereocenters. The first kappa shape index (κ1) is 8.38. The standard InChI is InChI=1S/C11H13NO2/c13-10-7-3-6-1-2-12-5-9(6)8(4-7)11(10)14/h1-2,5,7-8,10-11,13-14H,3-4H2. The summed E-state index contributed by atoms with van der Waals surface area (Å²) in [4.78, 5) is 4.08. The normalized spacial score (nSPS) is 39.6. The third-order valence-electron chi connectivity index (χ3n) is 3.63. The molecule has 1 saturated carbocycles. The Kier molecular flexibility index (Phi) is 1.66. The minimum Gasteiger partial charge on any atom is -0.390 e. The van der Waals surface area contributed by atoms with Crippen LogP contribution in [-0.2, 0) is 6.42 Å². The molecule has 0 amide bonds. The molecule has 2 bridgehead atoms. The van der Waals surface area contributed by atoms with E-state index in [-0.39, 0.29) is 11.8 Å². The minimum atomic E-state index is -0.592. The van der Waals surface area contributed by atoms with Gasteiger partial charge in [-0.15, -0.1) is 0 Å². The average Bonchev–Trinajstić information content (AvgIpc) is 2.45. The van der Waals surface area contributed by atoms with E-state index in [9.17, 15) is 10.2 Å². The third-order valence-corrected chi connectivity index (χ3v) is 3.63. The van der Waals surface area contributed by atoms with Crippen LogP contribution in [0, 0.1) is 5.92 Å². The van der Waals surface area contributed by atoms with Gasteiger partial charge in [0.15, 0.2) is 0 Å². The molecule has 0 aliphatic heterocycles. The fraction of sp³-hybridized carbons (Fsp3) is 0.545. The number of pyridine rings is 1. The molecular formula is C11H13NO2. The number of hydrogen-bond acceptors (Lipinski definition) is 3. The van der Waals surface area contributed by atoms with Gasteiger partial charge in [-0.05, 0) is 36.0 Å². The van der Waals surface area contributed by atoms with Crippen molar-refractivity contribution >= 4 is 0 Å². The topological polar surface area (TPSA) is 53.4 Å². The Hall–Kier alpha value is -0.930. The van der Waals surface area contributed by atoms with Gasteiger partial charge in [0.25, 0.3) is 0 Å². The van der Waals surface area contributed by atoms with Crippen molar-refractivity contribution in [3.63, 3.8) is 0 Å². The van der Waals surface area contributed by atoms with Gasteiger partial charge >= 0.3 is 0 Å². The summed E-state index contributed by atoms with van der Waals surface area (Å²) in [5.41, 5.74) is 2.38. The molecule has 14 heavy (non-hydrogen) atoms. The summed E-state index contributed by atoms with van der Waals surface area (Å²) >= 11 is 0. The molecule has 1 aromatic heterocycles. The second kappa shape index (κ2) is 2.78. The number of aliphatic hydroxyl groups is 2. The van der Waals surface area contributed by atoms with E-state index in [1.165, 1.54) is 5.56 Å². The zero-order valence-corrected chi connectivity index (χ0v) is 7.80. The maximum absolute atomic E-state index is 9.84. The Morgan fingerprint density at radius 3 is 3.00 bits per heavy atom. The van der Waals surface area contributed by atoms with Crippen LogP contribution in [-0.4, -0.2) is 27.4 Å². The van der Waals surface area contributed by atoms with Crippen molar-refractivity contribution in [3.05, 3.63) is 29.6 Å². The molecule has 1 fully saturated rings. The molecule has 74 valence electrons. The number of aromatic nitrogens is 1. The number of fused-ring (bicyclic) bond motifs is 4. The minimum absolute atomic E-state index is 0.104. The highest BCUT2D eigenvalue weighted by atomic mass is 16.3. The van der Waals surface area contributed by atoms with Crippen LogP contribution in [0.5, 0.6) is 0 Å². The lowest BCUT2D eigenvalue weighted by molar-refractivity contribution is 0.0176. The predicted octanol–water partition coefficient (Wildman–Crippen LogP) is 0.463. The smallest absolute Gasteiger partial charge is 0.0871 e. The van der Waals surface area contributed by atoms with Crippen molar-refractivity contribution in [2.75, 3.05) is 0 Å². The number of hydrogen-bond donors (Lipinski definition) is 2. The van der Waals surface area contributed by atoms with Gasteiger partial charge in [-0.3, -0.25) is 4.98 Å². The van der Waals surface area contributed by atoms with Crippen molar-refractivity contribution in [2.45, 2.75) is 31.0 Å². The summed E-state index contributed by atoms with van der Waals surface area (Å²) in [6.45, 7) is 0. The first-order chi connectivity index (χ1) is 6.77. The zero-order valence-electron chi connectivity index (χ0n) is 7.80. The first-order valence-electron chi connectivity index (χ1n) is 5.06. The largest absolute Gasteiger partial charge is 0.390 e. The van der Waals surface area contributed by atoms with Gasteiger partial charge in [0, 0.05) is 18.3 Å². The number of nitrogens with zero attached hydrogens (tertiary/aromatic N) is 1. The summed E-state index contributed by atoms with van der Waals surface area (Å²) in [5.74, 6) is 0.345. The fourth-order valence-corrected chi connectivity index (χ4v) is 2.87. The van der Waals surface area contributed by atoms with Crippen LogP contribution in [0.4, 0.5) is 0 Å². The van der Waals surface area contributed by atoms with Crippen molar-refractivity contribution in [3.8, 4) is 0 Å². The van der Waals surface area contributed by atoms with Crippen LogP contribution in [0.2, 0.25) is 0 Å². The van der Waals surface area contributed by atoms with Crippen LogP contribution in [0.3, 0.4) is 0 Å². The Morgan fingerprint density at radius 2 is 2.14 bits per heavy atom. The molecule has 0 saturated heterocycles. The van der Waals surface area contributed by atoms with Gasteiger partial charge in [-0.2, -0.15) is 0 Å². The van der Waals surface area contributed by atoms with Crippen LogP contribution in [0.25, 0.3) is 0 Å². The molecule has 2 N–H and O–H groups in total. The van der Waals surface area contributed by atoms with Gasteiger partial charge < -0.3 is 10.2 Å². The lowest BCUT2D eigenvalue weighted by Gasteiger charge is -2.22. The van der Waals surface area contributed by atoms with Gasteiger partial charge in [0.2, 0.25) is 0 Å². The molecule has 4 unspecified atom stereocenters. The van der Waals surface area contributed by atoms with Crippen molar-refractivity contribution in [1.82, 2.24) is 4.98 Å². The number of aliphatic hydroxyl groups excluding tert-OH is 2. The van der Waals surface area contributed by atoms with E-state index < -0.39 is 12.2 Å². The van der Waals surface area contributed by atoms with Crippen LogP contribution in [0.1, 0.15) is 23.5 Å². The quantitative estimate of drug-likeness (QED) is 0.626. The van der Waals surface area contributed by atoms with E-state index in [1.54, 1.807) is 6.20 Å². The van der Waals surface area contributed by atoms with Gasteiger partial charge in [0.1, 0.15) is 0 Å². The van der Waals surface area contributed by atoms with E-state index in [0.29, 0.717) is 0 Å². The molecule has 3 rings (SSSR count). The summed E-state index contributed by atoms with van der Waals surface area (Å²) < 4.78 is 0. The van der Waals surface area contributed by atoms with Gasteiger partial charge in [0.05, 0.1) is 12.2 Å².